The van der Waals surface area contributed by atoms with Crippen LogP contribution in [0, 0.1) is 12.3 Å². The molecular formula is C6H8N2O. The summed E-state index contributed by atoms with van der Waals surface area (Å²) in [6, 6.07) is 3.32. The first-order valence-electron chi connectivity index (χ1n) is 2.63. The predicted octanol–water partition coefficient (Wildman–Crippen LogP) is 0.513. The molecule has 0 amide bonds. The molecule has 0 saturated carbocycles. The molecule has 1 heterocycles. The van der Waals surface area contributed by atoms with E-state index in [-0.39, 0.29) is 5.49 Å². The monoisotopic (exact) mass is 124 g/mol. The first-order chi connectivity index (χ1) is 4.20. The molecule has 1 aromatic heterocycles. The van der Waals surface area contributed by atoms with Gasteiger partial charge in [-0.1, -0.05) is 0 Å². The van der Waals surface area contributed by atoms with Crippen molar-refractivity contribution in [3.63, 3.8) is 0 Å². The zero-order valence-electron chi connectivity index (χ0n) is 5.13. The molecule has 3 nitrogen and oxygen atoms in total. The van der Waals surface area contributed by atoms with E-state index in [2.05, 4.69) is 0 Å². The van der Waals surface area contributed by atoms with Crippen molar-refractivity contribution in [3.8, 4) is 0 Å². The lowest BCUT2D eigenvalue weighted by atomic mass is 10.3. The first kappa shape index (κ1) is 5.88. The number of hydrogen-bond donors (Lipinski definition) is 2. The third kappa shape index (κ3) is 1.10. The standard InChI is InChI=1S/C6H8N2O/c1-5-2-3-8(9)6(7)4-5/h2-4,7,9H,1H3. The number of aryl methyl sites for hydroxylation is 1. The third-order valence-electron chi connectivity index (χ3n) is 1.09. The van der Waals surface area contributed by atoms with E-state index in [1.807, 2.05) is 6.92 Å². The second-order valence-corrected chi connectivity index (χ2v) is 1.93. The number of aromatic nitrogens is 1. The van der Waals surface area contributed by atoms with Gasteiger partial charge in [0.05, 0.1) is 0 Å². The highest BCUT2D eigenvalue weighted by Gasteiger charge is 1.85. The van der Waals surface area contributed by atoms with Crippen molar-refractivity contribution in [2.75, 3.05) is 0 Å². The number of hydrogen-bond acceptors (Lipinski definition) is 2. The van der Waals surface area contributed by atoms with E-state index in [4.69, 9.17) is 10.6 Å². The average Bonchev–Trinajstić information content (AvgIpc) is 1.80. The highest BCUT2D eigenvalue weighted by molar-refractivity contribution is 5.05. The van der Waals surface area contributed by atoms with Crippen LogP contribution in [0.1, 0.15) is 5.56 Å². The fraction of sp³-hybridized carbons (Fsp3) is 0.167. The molecule has 1 rings (SSSR count). The number of rotatable bonds is 0. The van der Waals surface area contributed by atoms with Gasteiger partial charge in [0.25, 0.3) is 0 Å². The summed E-state index contributed by atoms with van der Waals surface area (Å²) in [4.78, 5) is 0. The second-order valence-electron chi connectivity index (χ2n) is 1.93. The van der Waals surface area contributed by atoms with E-state index < -0.39 is 0 Å². The molecule has 0 fully saturated rings. The lowest BCUT2D eigenvalue weighted by Gasteiger charge is -1.95. The van der Waals surface area contributed by atoms with E-state index in [0.29, 0.717) is 0 Å². The van der Waals surface area contributed by atoms with Crippen LogP contribution in [0.4, 0.5) is 0 Å². The summed E-state index contributed by atoms with van der Waals surface area (Å²) in [6.07, 6.45) is 1.44. The molecule has 0 aliphatic carbocycles. The molecule has 0 atom stereocenters. The lowest BCUT2D eigenvalue weighted by molar-refractivity contribution is 0.170. The molecule has 0 aliphatic rings. The van der Waals surface area contributed by atoms with Gasteiger partial charge in [0, 0.05) is 6.20 Å². The Morgan fingerprint density at radius 2 is 2.33 bits per heavy atom. The van der Waals surface area contributed by atoms with Crippen molar-refractivity contribution in [2.45, 2.75) is 6.92 Å². The molecule has 0 aliphatic heterocycles. The van der Waals surface area contributed by atoms with Crippen LogP contribution in [0.3, 0.4) is 0 Å². The molecular weight excluding hydrogens is 116 g/mol. The summed E-state index contributed by atoms with van der Waals surface area (Å²) in [5.41, 5.74) is 1.08. The first-order valence-corrected chi connectivity index (χ1v) is 2.63. The topological polar surface area (TPSA) is 49.0 Å². The fourth-order valence-corrected chi connectivity index (χ4v) is 0.598. The van der Waals surface area contributed by atoms with Crippen LogP contribution in [0.5, 0.6) is 0 Å². The van der Waals surface area contributed by atoms with Gasteiger partial charge in [0.2, 0.25) is 0 Å². The smallest absolute Gasteiger partial charge is 0.160 e. The molecule has 3 heteroatoms. The van der Waals surface area contributed by atoms with Gasteiger partial charge in [0.15, 0.2) is 5.49 Å². The Morgan fingerprint density at radius 1 is 1.67 bits per heavy atom. The van der Waals surface area contributed by atoms with Gasteiger partial charge in [0.1, 0.15) is 0 Å². The van der Waals surface area contributed by atoms with Gasteiger partial charge in [-0.05, 0) is 24.6 Å². The quantitative estimate of drug-likeness (QED) is 0.486. The van der Waals surface area contributed by atoms with Crippen molar-refractivity contribution in [2.24, 2.45) is 0 Å². The summed E-state index contributed by atoms with van der Waals surface area (Å²) >= 11 is 0. The maximum absolute atomic E-state index is 8.77. The minimum Gasteiger partial charge on any atom is -0.427 e. The summed E-state index contributed by atoms with van der Waals surface area (Å²) in [5, 5.41) is 15.8. The molecule has 9 heavy (non-hydrogen) atoms. The predicted molar refractivity (Wildman–Crippen MR) is 32.2 cm³/mol. The molecule has 2 N–H and O–H groups in total. The van der Waals surface area contributed by atoms with E-state index in [0.717, 1.165) is 10.3 Å². The molecule has 48 valence electrons. The maximum Gasteiger partial charge on any atom is 0.160 e. The Morgan fingerprint density at radius 3 is 2.78 bits per heavy atom. The Bertz CT molecular complexity index is 264. The van der Waals surface area contributed by atoms with Crippen LogP contribution in [-0.2, 0) is 0 Å². The van der Waals surface area contributed by atoms with Gasteiger partial charge >= 0.3 is 0 Å². The van der Waals surface area contributed by atoms with Crippen molar-refractivity contribution >= 4 is 0 Å². The molecule has 0 radical (unpaired) electrons. The molecule has 0 saturated heterocycles. The largest absolute Gasteiger partial charge is 0.427 e. The molecule has 0 bridgehead atoms. The second kappa shape index (κ2) is 1.93. The van der Waals surface area contributed by atoms with Crippen LogP contribution < -0.4 is 5.49 Å². The van der Waals surface area contributed by atoms with Gasteiger partial charge in [-0.15, -0.1) is 0 Å². The molecule has 0 aromatic carbocycles. The van der Waals surface area contributed by atoms with Crippen molar-refractivity contribution in [1.82, 2.24) is 4.73 Å². The van der Waals surface area contributed by atoms with Gasteiger partial charge in [-0.2, -0.15) is 4.73 Å². The van der Waals surface area contributed by atoms with Gasteiger partial charge in [-0.3, -0.25) is 5.41 Å². The maximum atomic E-state index is 8.77. The zero-order chi connectivity index (χ0) is 6.85. The number of pyridine rings is 1. The Labute approximate surface area is 52.7 Å². The third-order valence-corrected chi connectivity index (χ3v) is 1.09. The zero-order valence-corrected chi connectivity index (χ0v) is 5.13. The molecule has 1 aromatic rings. The van der Waals surface area contributed by atoms with Gasteiger partial charge < -0.3 is 5.21 Å². The molecule has 0 spiro atoms. The summed E-state index contributed by atoms with van der Waals surface area (Å²) in [6.45, 7) is 1.87. The molecule has 0 unspecified atom stereocenters. The van der Waals surface area contributed by atoms with Crippen LogP contribution >= 0.6 is 0 Å². The fourth-order valence-electron chi connectivity index (χ4n) is 0.598. The van der Waals surface area contributed by atoms with Crippen LogP contribution in [0.2, 0.25) is 0 Å². The number of nitrogens with one attached hydrogen (secondary N) is 1. The van der Waals surface area contributed by atoms with Crippen LogP contribution in [0.25, 0.3) is 0 Å². The summed E-state index contributed by atoms with van der Waals surface area (Å²) in [5.74, 6) is 0. The van der Waals surface area contributed by atoms with Crippen LogP contribution in [0.15, 0.2) is 18.3 Å². The van der Waals surface area contributed by atoms with E-state index in [1.165, 1.54) is 6.20 Å². The van der Waals surface area contributed by atoms with Crippen LogP contribution in [-0.4, -0.2) is 9.94 Å². The summed E-state index contributed by atoms with van der Waals surface area (Å²) in [7, 11) is 0. The van der Waals surface area contributed by atoms with E-state index >= 15 is 0 Å². The summed E-state index contributed by atoms with van der Waals surface area (Å²) < 4.78 is 0.771. The SMILES string of the molecule is Cc1ccn(O)c(=N)c1. The van der Waals surface area contributed by atoms with Crippen molar-refractivity contribution in [3.05, 3.63) is 29.4 Å². The Hall–Kier alpha value is -1.25. The normalized spacial score (nSPS) is 9.44. The van der Waals surface area contributed by atoms with E-state index in [1.54, 1.807) is 12.1 Å². The highest BCUT2D eigenvalue weighted by atomic mass is 16.5. The lowest BCUT2D eigenvalue weighted by Crippen LogP contribution is -2.15. The number of nitrogens with zero attached hydrogens (tertiary/aromatic N) is 1. The highest BCUT2D eigenvalue weighted by Crippen LogP contribution is 1.86. The van der Waals surface area contributed by atoms with Gasteiger partial charge in [-0.25, -0.2) is 0 Å². The van der Waals surface area contributed by atoms with E-state index in [9.17, 15) is 0 Å². The Kier molecular flexibility index (Phi) is 1.26. The minimum absolute atomic E-state index is 0.106. The Balaban J connectivity index is 3.34. The van der Waals surface area contributed by atoms with Crippen molar-refractivity contribution in [1.29, 1.82) is 5.41 Å². The minimum atomic E-state index is 0.106. The average molecular weight is 124 g/mol. The van der Waals surface area contributed by atoms with Crippen molar-refractivity contribution < 1.29 is 5.21 Å².